The molecule has 1 aromatic rings. The molecule has 0 amide bonds. The summed E-state index contributed by atoms with van der Waals surface area (Å²) in [5.41, 5.74) is -0.722. The van der Waals surface area contributed by atoms with Gasteiger partial charge < -0.3 is 0 Å². The van der Waals surface area contributed by atoms with Gasteiger partial charge in [0.25, 0.3) is 0 Å². The molecule has 0 radical (unpaired) electrons. The third-order valence-corrected chi connectivity index (χ3v) is 5.22. The largest absolute Gasteiger partial charge is 0.306 e. The molecule has 0 fully saturated rings. The Morgan fingerprint density at radius 3 is 2.62 bits per heavy atom. The minimum absolute atomic E-state index is 0.127. The maximum absolute atomic E-state index is 13.4. The van der Waals surface area contributed by atoms with Crippen LogP contribution in [0, 0.1) is 22.9 Å². The Hall–Kier alpha value is -1.19. The van der Waals surface area contributed by atoms with Gasteiger partial charge in [0, 0.05) is 12.1 Å². The van der Waals surface area contributed by atoms with E-state index in [4.69, 9.17) is 0 Å². The van der Waals surface area contributed by atoms with Gasteiger partial charge >= 0.3 is 5.69 Å². The summed E-state index contributed by atoms with van der Waals surface area (Å²) in [6, 6.07) is 1.30. The fraction of sp³-hybridized carbons (Fsp3) is 0.500. The number of nitrogens with one attached hydrogen (secondary N) is 1. The van der Waals surface area contributed by atoms with Crippen molar-refractivity contribution in [2.24, 2.45) is 0 Å². The summed E-state index contributed by atoms with van der Waals surface area (Å²) in [5, 5.41) is 10.7. The number of thioether (sulfide) groups is 1. The van der Waals surface area contributed by atoms with E-state index in [2.05, 4.69) is 4.72 Å². The van der Waals surface area contributed by atoms with Crippen molar-refractivity contribution >= 4 is 27.5 Å². The van der Waals surface area contributed by atoms with Crippen molar-refractivity contribution in [1.29, 1.82) is 0 Å². The molecule has 1 unspecified atom stereocenters. The Balaban J connectivity index is 3.13. The topological polar surface area (TPSA) is 89.3 Å². The highest BCUT2D eigenvalue weighted by Crippen LogP contribution is 2.25. The predicted molar refractivity (Wildman–Crippen MR) is 80.6 cm³/mol. The lowest BCUT2D eigenvalue weighted by Gasteiger charge is -2.15. The number of benzene rings is 1. The number of hydrogen-bond donors (Lipinski definition) is 1. The lowest BCUT2D eigenvalue weighted by Crippen LogP contribution is -2.33. The zero-order valence-electron chi connectivity index (χ0n) is 11.9. The molecule has 1 aromatic carbocycles. The number of nitro groups is 1. The molecule has 0 aromatic heterocycles. The molecule has 0 heterocycles. The van der Waals surface area contributed by atoms with Crippen LogP contribution in [0.15, 0.2) is 17.0 Å². The van der Waals surface area contributed by atoms with E-state index in [1.54, 1.807) is 18.7 Å². The highest BCUT2D eigenvalue weighted by atomic mass is 32.2. The van der Waals surface area contributed by atoms with Crippen molar-refractivity contribution in [2.75, 3.05) is 12.0 Å². The minimum Gasteiger partial charge on any atom is -0.258 e. The SMILES string of the molecule is CSCCC(C)NS(=O)(=O)c1cc([N+](=O)[O-])c(F)cc1C. The van der Waals surface area contributed by atoms with Crippen molar-refractivity contribution in [3.05, 3.63) is 33.6 Å². The second-order valence-electron chi connectivity index (χ2n) is 4.63. The first-order valence-corrected chi connectivity index (χ1v) is 9.02. The number of nitrogens with zero attached hydrogens (tertiary/aromatic N) is 1. The molecule has 0 saturated carbocycles. The molecule has 21 heavy (non-hydrogen) atoms. The van der Waals surface area contributed by atoms with Crippen LogP contribution in [0.25, 0.3) is 0 Å². The number of nitro benzene ring substituents is 1. The van der Waals surface area contributed by atoms with Crippen LogP contribution in [0.1, 0.15) is 18.9 Å². The number of rotatable bonds is 7. The third-order valence-electron chi connectivity index (χ3n) is 2.84. The van der Waals surface area contributed by atoms with Crippen LogP contribution >= 0.6 is 11.8 Å². The van der Waals surface area contributed by atoms with E-state index < -0.39 is 26.5 Å². The Bertz CT molecular complexity index is 634. The average molecular weight is 336 g/mol. The first-order chi connectivity index (χ1) is 9.69. The number of aryl methyl sites for hydroxylation is 1. The zero-order chi connectivity index (χ0) is 16.2. The van der Waals surface area contributed by atoms with Crippen molar-refractivity contribution < 1.29 is 17.7 Å². The lowest BCUT2D eigenvalue weighted by atomic mass is 10.2. The molecule has 0 bridgehead atoms. The maximum Gasteiger partial charge on any atom is 0.306 e. The fourth-order valence-corrected chi connectivity index (χ4v) is 3.87. The van der Waals surface area contributed by atoms with Crippen LogP contribution in [-0.4, -0.2) is 31.4 Å². The second kappa shape index (κ2) is 7.19. The van der Waals surface area contributed by atoms with Gasteiger partial charge in [-0.25, -0.2) is 13.1 Å². The average Bonchev–Trinajstić information content (AvgIpc) is 2.34. The van der Waals surface area contributed by atoms with Crippen LogP contribution < -0.4 is 4.72 Å². The van der Waals surface area contributed by atoms with Gasteiger partial charge in [-0.15, -0.1) is 0 Å². The normalized spacial score (nSPS) is 13.1. The maximum atomic E-state index is 13.4. The molecule has 1 rings (SSSR count). The quantitative estimate of drug-likeness (QED) is 0.610. The van der Waals surface area contributed by atoms with Crippen molar-refractivity contribution in [2.45, 2.75) is 31.2 Å². The summed E-state index contributed by atoms with van der Waals surface area (Å²) in [6.07, 6.45) is 2.54. The smallest absolute Gasteiger partial charge is 0.258 e. The van der Waals surface area contributed by atoms with Crippen molar-refractivity contribution in [3.63, 3.8) is 0 Å². The first-order valence-electron chi connectivity index (χ1n) is 6.15. The summed E-state index contributed by atoms with van der Waals surface area (Å²) in [4.78, 5) is 9.51. The summed E-state index contributed by atoms with van der Waals surface area (Å²) >= 11 is 1.59. The molecule has 0 saturated heterocycles. The lowest BCUT2D eigenvalue weighted by molar-refractivity contribution is -0.387. The van der Waals surface area contributed by atoms with E-state index in [0.29, 0.717) is 6.42 Å². The molecule has 6 nitrogen and oxygen atoms in total. The molecule has 1 atom stereocenters. The molecule has 1 N–H and O–H groups in total. The van der Waals surface area contributed by atoms with Crippen LogP contribution in [0.2, 0.25) is 0 Å². The summed E-state index contributed by atoms with van der Waals surface area (Å²) in [6.45, 7) is 3.11. The van der Waals surface area contributed by atoms with Gasteiger partial charge in [-0.1, -0.05) is 0 Å². The van der Waals surface area contributed by atoms with Crippen LogP contribution in [0.5, 0.6) is 0 Å². The molecule has 0 spiro atoms. The highest BCUT2D eigenvalue weighted by molar-refractivity contribution is 7.98. The van der Waals surface area contributed by atoms with E-state index in [-0.39, 0.29) is 16.5 Å². The third kappa shape index (κ3) is 4.65. The summed E-state index contributed by atoms with van der Waals surface area (Å²) < 4.78 is 40.4. The molecular formula is C12H17FN2O4S2. The number of halogens is 1. The zero-order valence-corrected chi connectivity index (χ0v) is 13.6. The summed E-state index contributed by atoms with van der Waals surface area (Å²) in [5.74, 6) is -0.265. The Morgan fingerprint density at radius 2 is 2.10 bits per heavy atom. The van der Waals surface area contributed by atoms with Gasteiger partial charge in [0.05, 0.1) is 9.82 Å². The summed E-state index contributed by atoms with van der Waals surface area (Å²) in [7, 11) is -3.92. The second-order valence-corrected chi connectivity index (χ2v) is 7.30. The Kier molecular flexibility index (Phi) is 6.11. The molecule has 9 heteroatoms. The van der Waals surface area contributed by atoms with Crippen LogP contribution in [0.3, 0.4) is 0 Å². The first kappa shape index (κ1) is 17.9. The van der Waals surface area contributed by atoms with E-state index in [9.17, 15) is 22.9 Å². The van der Waals surface area contributed by atoms with Gasteiger partial charge in [0.2, 0.25) is 15.8 Å². The van der Waals surface area contributed by atoms with Gasteiger partial charge in [0.1, 0.15) is 0 Å². The standard InChI is InChI=1S/C12H17FN2O4S2/c1-8-6-10(13)11(15(16)17)7-12(8)21(18,19)14-9(2)4-5-20-3/h6-7,9,14H,4-5H2,1-3H3. The van der Waals surface area contributed by atoms with E-state index in [1.165, 1.54) is 6.92 Å². The van der Waals surface area contributed by atoms with Crippen molar-refractivity contribution in [3.8, 4) is 0 Å². The van der Waals surface area contributed by atoms with Crippen LogP contribution in [-0.2, 0) is 10.0 Å². The predicted octanol–water partition coefficient (Wildman–Crippen LogP) is 2.46. The van der Waals surface area contributed by atoms with Crippen molar-refractivity contribution in [1.82, 2.24) is 4.72 Å². The highest BCUT2D eigenvalue weighted by Gasteiger charge is 2.25. The molecular weight excluding hydrogens is 319 g/mol. The van der Waals surface area contributed by atoms with Gasteiger partial charge in [-0.05, 0) is 43.9 Å². The fourth-order valence-electron chi connectivity index (χ4n) is 1.75. The molecule has 0 aliphatic heterocycles. The van der Waals surface area contributed by atoms with Crippen LogP contribution in [0.4, 0.5) is 10.1 Å². The molecule has 0 aliphatic rings. The molecule has 0 aliphatic carbocycles. The monoisotopic (exact) mass is 336 g/mol. The number of hydrogen-bond acceptors (Lipinski definition) is 5. The molecule has 118 valence electrons. The van der Waals surface area contributed by atoms with E-state index in [0.717, 1.165) is 17.9 Å². The Labute approximate surface area is 127 Å². The van der Waals surface area contributed by atoms with E-state index >= 15 is 0 Å². The van der Waals surface area contributed by atoms with Gasteiger partial charge in [0.15, 0.2) is 0 Å². The van der Waals surface area contributed by atoms with Gasteiger partial charge in [-0.2, -0.15) is 16.2 Å². The number of sulfonamides is 1. The van der Waals surface area contributed by atoms with E-state index in [1.807, 2.05) is 6.26 Å². The minimum atomic E-state index is -3.92. The van der Waals surface area contributed by atoms with Gasteiger partial charge in [-0.3, -0.25) is 10.1 Å². The Morgan fingerprint density at radius 1 is 1.48 bits per heavy atom.